The van der Waals surface area contributed by atoms with E-state index in [9.17, 15) is 13.2 Å². The smallest absolute Gasteiger partial charge is 0.242 e. The van der Waals surface area contributed by atoms with Crippen molar-refractivity contribution in [3.05, 3.63) is 23.8 Å². The summed E-state index contributed by atoms with van der Waals surface area (Å²) in [5.74, 6) is -0.595. The Morgan fingerprint density at radius 1 is 1.44 bits per heavy atom. The summed E-state index contributed by atoms with van der Waals surface area (Å²) in [6.07, 6.45) is 0. The van der Waals surface area contributed by atoms with E-state index in [1.54, 1.807) is 25.1 Å². The molecule has 0 saturated heterocycles. The summed E-state index contributed by atoms with van der Waals surface area (Å²) < 4.78 is 23.2. The van der Waals surface area contributed by atoms with Crippen molar-refractivity contribution in [2.24, 2.45) is 0 Å². The van der Waals surface area contributed by atoms with Gasteiger partial charge in [0.25, 0.3) is 0 Å². The standard InChI is InChI=1S/C12H18N2O3S/c1-4-18(16,17)9(3)12(15)14-11-7-5-6-10(13)8(11)2/h5-7,9H,4,13H2,1-3H3,(H,14,15). The van der Waals surface area contributed by atoms with Crippen molar-refractivity contribution >= 4 is 27.1 Å². The number of benzene rings is 1. The van der Waals surface area contributed by atoms with Crippen molar-refractivity contribution in [1.29, 1.82) is 0 Å². The third-order valence-electron chi connectivity index (χ3n) is 2.94. The number of hydrogen-bond donors (Lipinski definition) is 2. The molecule has 1 rings (SSSR count). The van der Waals surface area contributed by atoms with Crippen LogP contribution in [0.25, 0.3) is 0 Å². The van der Waals surface area contributed by atoms with Crippen LogP contribution < -0.4 is 11.1 Å². The Balaban J connectivity index is 2.92. The zero-order valence-electron chi connectivity index (χ0n) is 10.7. The fourth-order valence-electron chi connectivity index (χ4n) is 1.44. The second-order valence-electron chi connectivity index (χ2n) is 4.10. The quantitative estimate of drug-likeness (QED) is 0.808. The van der Waals surface area contributed by atoms with Crippen molar-refractivity contribution in [3.8, 4) is 0 Å². The zero-order valence-corrected chi connectivity index (χ0v) is 11.5. The van der Waals surface area contributed by atoms with Gasteiger partial charge >= 0.3 is 0 Å². The number of carbonyl (C=O) groups excluding carboxylic acids is 1. The van der Waals surface area contributed by atoms with Gasteiger partial charge in [0.05, 0.1) is 0 Å². The molecule has 0 radical (unpaired) electrons. The first-order chi connectivity index (χ1) is 8.29. The summed E-state index contributed by atoms with van der Waals surface area (Å²) in [6.45, 7) is 4.67. The largest absolute Gasteiger partial charge is 0.398 e. The Morgan fingerprint density at radius 3 is 2.61 bits per heavy atom. The lowest BCUT2D eigenvalue weighted by Gasteiger charge is -2.14. The van der Waals surface area contributed by atoms with Gasteiger partial charge in [-0.05, 0) is 31.5 Å². The van der Waals surface area contributed by atoms with E-state index in [0.29, 0.717) is 11.4 Å². The fraction of sp³-hybridized carbons (Fsp3) is 0.417. The number of amides is 1. The Hall–Kier alpha value is -1.56. The summed E-state index contributed by atoms with van der Waals surface area (Å²) >= 11 is 0. The van der Waals surface area contributed by atoms with Crippen molar-refractivity contribution in [2.45, 2.75) is 26.0 Å². The minimum Gasteiger partial charge on any atom is -0.398 e. The van der Waals surface area contributed by atoms with Crippen LogP contribution in [0.4, 0.5) is 11.4 Å². The molecule has 0 aliphatic rings. The molecule has 100 valence electrons. The Morgan fingerprint density at radius 2 is 2.06 bits per heavy atom. The molecule has 0 bridgehead atoms. The molecule has 0 aliphatic carbocycles. The maximum absolute atomic E-state index is 11.9. The zero-order chi connectivity index (χ0) is 13.9. The normalized spacial score (nSPS) is 13.1. The number of nitrogens with one attached hydrogen (secondary N) is 1. The van der Waals surface area contributed by atoms with Gasteiger partial charge in [0.1, 0.15) is 5.25 Å². The van der Waals surface area contributed by atoms with Crippen molar-refractivity contribution in [2.75, 3.05) is 16.8 Å². The number of rotatable bonds is 4. The van der Waals surface area contributed by atoms with Gasteiger partial charge in [-0.25, -0.2) is 8.42 Å². The summed E-state index contributed by atoms with van der Waals surface area (Å²) in [4.78, 5) is 11.9. The van der Waals surface area contributed by atoms with Crippen LogP contribution in [0.3, 0.4) is 0 Å². The van der Waals surface area contributed by atoms with E-state index >= 15 is 0 Å². The van der Waals surface area contributed by atoms with E-state index in [2.05, 4.69) is 5.32 Å². The Labute approximate surface area is 107 Å². The van der Waals surface area contributed by atoms with E-state index in [1.807, 2.05) is 0 Å². The minimum atomic E-state index is -3.38. The predicted octanol–water partition coefficient (Wildman–Crippen LogP) is 1.34. The van der Waals surface area contributed by atoms with Crippen molar-refractivity contribution < 1.29 is 13.2 Å². The molecule has 0 spiro atoms. The molecule has 0 saturated carbocycles. The number of carbonyl (C=O) groups is 1. The molecular formula is C12H18N2O3S. The highest BCUT2D eigenvalue weighted by molar-refractivity contribution is 7.92. The van der Waals surface area contributed by atoms with Gasteiger partial charge in [0.2, 0.25) is 5.91 Å². The molecule has 5 nitrogen and oxygen atoms in total. The molecule has 1 unspecified atom stereocenters. The molecule has 1 aromatic rings. The van der Waals surface area contributed by atoms with Crippen LogP contribution in [0.15, 0.2) is 18.2 Å². The molecule has 6 heteroatoms. The highest BCUT2D eigenvalue weighted by Crippen LogP contribution is 2.21. The van der Waals surface area contributed by atoms with E-state index in [1.165, 1.54) is 13.8 Å². The van der Waals surface area contributed by atoms with E-state index in [0.717, 1.165) is 5.56 Å². The number of hydrogen-bond acceptors (Lipinski definition) is 4. The van der Waals surface area contributed by atoms with Crippen LogP contribution >= 0.6 is 0 Å². The number of nitrogens with two attached hydrogens (primary N) is 1. The van der Waals surface area contributed by atoms with Crippen LogP contribution in [0.5, 0.6) is 0 Å². The van der Waals surface area contributed by atoms with E-state index in [4.69, 9.17) is 5.73 Å². The topological polar surface area (TPSA) is 89.3 Å². The highest BCUT2D eigenvalue weighted by Gasteiger charge is 2.26. The lowest BCUT2D eigenvalue weighted by Crippen LogP contribution is -2.33. The van der Waals surface area contributed by atoms with Gasteiger partial charge in [-0.2, -0.15) is 0 Å². The summed E-state index contributed by atoms with van der Waals surface area (Å²) in [5, 5.41) is 1.53. The third kappa shape index (κ3) is 3.01. The summed E-state index contributed by atoms with van der Waals surface area (Å²) in [5.41, 5.74) is 7.54. The van der Waals surface area contributed by atoms with Gasteiger partial charge in [0, 0.05) is 17.1 Å². The Bertz CT molecular complexity index is 552. The molecule has 1 atom stereocenters. The lowest BCUT2D eigenvalue weighted by atomic mass is 10.1. The average Bonchev–Trinajstić information content (AvgIpc) is 2.33. The summed E-state index contributed by atoms with van der Waals surface area (Å²) in [7, 11) is -3.38. The van der Waals surface area contributed by atoms with Crippen LogP contribution in [-0.2, 0) is 14.6 Å². The second-order valence-corrected chi connectivity index (χ2v) is 6.71. The molecule has 18 heavy (non-hydrogen) atoms. The van der Waals surface area contributed by atoms with Crippen LogP contribution in [-0.4, -0.2) is 25.3 Å². The molecule has 3 N–H and O–H groups in total. The van der Waals surface area contributed by atoms with Gasteiger partial charge in [-0.1, -0.05) is 13.0 Å². The average molecular weight is 270 g/mol. The first-order valence-electron chi connectivity index (χ1n) is 5.67. The number of nitrogen functional groups attached to an aromatic ring is 1. The molecular weight excluding hydrogens is 252 g/mol. The van der Waals surface area contributed by atoms with Gasteiger partial charge in [-0.3, -0.25) is 4.79 Å². The van der Waals surface area contributed by atoms with Crippen LogP contribution in [0.1, 0.15) is 19.4 Å². The lowest BCUT2D eigenvalue weighted by molar-refractivity contribution is -0.115. The van der Waals surface area contributed by atoms with E-state index < -0.39 is 21.0 Å². The third-order valence-corrected chi connectivity index (χ3v) is 5.04. The molecule has 0 fully saturated rings. The number of sulfone groups is 1. The number of anilines is 2. The second kappa shape index (κ2) is 5.39. The van der Waals surface area contributed by atoms with Crippen LogP contribution in [0, 0.1) is 6.92 Å². The Kier molecular flexibility index (Phi) is 4.34. The molecule has 1 amide bonds. The maximum atomic E-state index is 11.9. The molecule has 0 aliphatic heterocycles. The molecule has 0 heterocycles. The van der Waals surface area contributed by atoms with Gasteiger partial charge in [-0.15, -0.1) is 0 Å². The first-order valence-corrected chi connectivity index (χ1v) is 7.38. The highest BCUT2D eigenvalue weighted by atomic mass is 32.2. The van der Waals surface area contributed by atoms with Crippen molar-refractivity contribution in [1.82, 2.24) is 0 Å². The van der Waals surface area contributed by atoms with Crippen molar-refractivity contribution in [3.63, 3.8) is 0 Å². The van der Waals surface area contributed by atoms with Gasteiger partial charge in [0.15, 0.2) is 9.84 Å². The van der Waals surface area contributed by atoms with Gasteiger partial charge < -0.3 is 11.1 Å². The van der Waals surface area contributed by atoms with E-state index in [-0.39, 0.29) is 5.75 Å². The first kappa shape index (κ1) is 14.5. The molecule has 1 aromatic carbocycles. The summed E-state index contributed by atoms with van der Waals surface area (Å²) in [6, 6.07) is 5.11. The maximum Gasteiger partial charge on any atom is 0.242 e. The fourth-order valence-corrected chi connectivity index (χ4v) is 2.32. The minimum absolute atomic E-state index is 0.0580. The molecule has 0 aromatic heterocycles. The monoisotopic (exact) mass is 270 g/mol. The predicted molar refractivity (Wildman–Crippen MR) is 73.1 cm³/mol. The van der Waals surface area contributed by atoms with Crippen LogP contribution in [0.2, 0.25) is 0 Å². The SMILES string of the molecule is CCS(=O)(=O)C(C)C(=O)Nc1cccc(N)c1C.